The molecule has 0 nitrogen and oxygen atoms in total. The van der Waals surface area contributed by atoms with Crippen LogP contribution in [0.15, 0.2) is 20.6 Å². The molecule has 0 fully saturated rings. The normalized spacial score (nSPS) is 31.4. The van der Waals surface area contributed by atoms with E-state index in [1.165, 1.54) is 9.81 Å². The molecule has 0 amide bonds. The van der Waals surface area contributed by atoms with E-state index in [1.807, 2.05) is 47.0 Å². The maximum Gasteiger partial charge on any atom is 0.0632 e. The summed E-state index contributed by atoms with van der Waals surface area (Å²) in [4.78, 5) is 2.83. The molecule has 0 aromatic heterocycles. The minimum atomic E-state index is 0.666. The van der Waals surface area contributed by atoms with Crippen molar-refractivity contribution >= 4 is 72.3 Å². The Balaban J connectivity index is 1.84. The molecule has 0 aromatic rings. The van der Waals surface area contributed by atoms with Gasteiger partial charge in [0.1, 0.15) is 0 Å². The zero-order valence-corrected chi connectivity index (χ0v) is 13.9. The third-order valence-corrected chi connectivity index (χ3v) is 9.71. The molecular formula is C10H14S6. The smallest absolute Gasteiger partial charge is 0.0632 e. The van der Waals surface area contributed by atoms with Gasteiger partial charge in [-0.3, -0.25) is 0 Å². The van der Waals surface area contributed by atoms with Gasteiger partial charge >= 0.3 is 0 Å². The average molecular weight is 327 g/mol. The lowest BCUT2D eigenvalue weighted by Crippen LogP contribution is -2.17. The highest BCUT2D eigenvalue weighted by molar-refractivity contribution is 8.24. The summed E-state index contributed by atoms with van der Waals surface area (Å²) in [6, 6.07) is 0. The van der Waals surface area contributed by atoms with Crippen LogP contribution in [0.4, 0.5) is 0 Å². The van der Waals surface area contributed by atoms with Crippen molar-refractivity contribution in [3.63, 3.8) is 0 Å². The Bertz CT molecular complexity index is 280. The SMILES string of the molecule is CC(C1SC=C(CS)S1)C1SC=C(CS)S1. The first kappa shape index (κ1) is 14.0. The van der Waals surface area contributed by atoms with E-state index in [2.05, 4.69) is 43.0 Å². The molecule has 0 radical (unpaired) electrons. The molecule has 0 spiro atoms. The Morgan fingerprint density at radius 3 is 1.81 bits per heavy atom. The molecule has 2 atom stereocenters. The summed E-state index contributed by atoms with van der Waals surface area (Å²) in [7, 11) is 0. The Morgan fingerprint density at radius 2 is 1.50 bits per heavy atom. The zero-order valence-electron chi connectivity index (χ0n) is 8.83. The summed E-state index contributed by atoms with van der Waals surface area (Å²) in [6.07, 6.45) is 0. The second-order valence-electron chi connectivity index (χ2n) is 3.59. The van der Waals surface area contributed by atoms with Crippen molar-refractivity contribution in [1.82, 2.24) is 0 Å². The van der Waals surface area contributed by atoms with E-state index < -0.39 is 0 Å². The maximum absolute atomic E-state index is 4.33. The highest BCUT2D eigenvalue weighted by atomic mass is 32.2. The molecule has 0 aromatic carbocycles. The van der Waals surface area contributed by atoms with Crippen molar-refractivity contribution in [2.45, 2.75) is 16.1 Å². The Hall–Kier alpha value is 1.58. The molecule has 0 aliphatic carbocycles. The van der Waals surface area contributed by atoms with Gasteiger partial charge in [-0.25, -0.2) is 0 Å². The van der Waals surface area contributed by atoms with E-state index in [9.17, 15) is 0 Å². The van der Waals surface area contributed by atoms with Crippen LogP contribution in [0.1, 0.15) is 6.92 Å². The molecule has 2 aliphatic heterocycles. The first-order valence-electron chi connectivity index (χ1n) is 4.98. The van der Waals surface area contributed by atoms with Crippen LogP contribution in [0.2, 0.25) is 0 Å². The molecular weight excluding hydrogens is 313 g/mol. The number of thiol groups is 2. The maximum atomic E-state index is 4.33. The highest BCUT2D eigenvalue weighted by Crippen LogP contribution is 2.52. The fourth-order valence-electron chi connectivity index (χ4n) is 1.44. The van der Waals surface area contributed by atoms with Gasteiger partial charge in [0.15, 0.2) is 0 Å². The molecule has 0 saturated carbocycles. The molecule has 2 rings (SSSR count). The van der Waals surface area contributed by atoms with Gasteiger partial charge in [-0.2, -0.15) is 25.3 Å². The first-order chi connectivity index (χ1) is 7.74. The molecule has 90 valence electrons. The predicted molar refractivity (Wildman–Crippen MR) is 91.0 cm³/mol. The van der Waals surface area contributed by atoms with Gasteiger partial charge in [-0.05, 0) is 16.7 Å². The van der Waals surface area contributed by atoms with Crippen LogP contribution < -0.4 is 0 Å². The fraction of sp³-hybridized carbons (Fsp3) is 0.600. The average Bonchev–Trinajstić information content (AvgIpc) is 2.97. The third kappa shape index (κ3) is 3.32. The van der Waals surface area contributed by atoms with Crippen LogP contribution in [-0.4, -0.2) is 20.7 Å². The summed E-state index contributed by atoms with van der Waals surface area (Å²) in [5.41, 5.74) is 0. The lowest BCUT2D eigenvalue weighted by Gasteiger charge is -2.23. The second-order valence-corrected chi connectivity index (χ2v) is 9.38. The lowest BCUT2D eigenvalue weighted by atomic mass is 10.2. The summed E-state index contributed by atoms with van der Waals surface area (Å²) < 4.78 is 1.33. The van der Waals surface area contributed by atoms with Crippen molar-refractivity contribution in [3.8, 4) is 0 Å². The van der Waals surface area contributed by atoms with Gasteiger partial charge in [0.2, 0.25) is 0 Å². The summed E-state index contributed by atoms with van der Waals surface area (Å²) >= 11 is 16.6. The summed E-state index contributed by atoms with van der Waals surface area (Å²) in [5, 5.41) is 4.55. The molecule has 2 unspecified atom stereocenters. The molecule has 2 aliphatic rings. The van der Waals surface area contributed by atoms with Crippen LogP contribution >= 0.6 is 72.3 Å². The second kappa shape index (κ2) is 6.66. The standard InChI is InChI=1S/C10H14S6/c1-6(9-13-4-7(2-11)15-9)10-14-5-8(3-12)16-10/h4-6,9-12H,2-3H2,1H3. The number of thioether (sulfide) groups is 4. The predicted octanol–water partition coefficient (Wildman–Crippen LogP) is 4.78. The van der Waals surface area contributed by atoms with Crippen molar-refractivity contribution in [2.24, 2.45) is 5.92 Å². The van der Waals surface area contributed by atoms with Gasteiger partial charge < -0.3 is 0 Å². The molecule has 0 N–H and O–H groups in total. The van der Waals surface area contributed by atoms with Gasteiger partial charge in [0.25, 0.3) is 0 Å². The van der Waals surface area contributed by atoms with Crippen LogP contribution in [0.3, 0.4) is 0 Å². The lowest BCUT2D eigenvalue weighted by molar-refractivity contribution is 0.711. The molecule has 16 heavy (non-hydrogen) atoms. The van der Waals surface area contributed by atoms with E-state index in [4.69, 9.17) is 0 Å². The topological polar surface area (TPSA) is 0 Å². The minimum absolute atomic E-state index is 0.666. The fourth-order valence-corrected chi connectivity index (χ4v) is 8.04. The highest BCUT2D eigenvalue weighted by Gasteiger charge is 2.32. The van der Waals surface area contributed by atoms with Crippen LogP contribution in [0, 0.1) is 5.92 Å². The number of hydrogen-bond acceptors (Lipinski definition) is 6. The molecule has 0 bridgehead atoms. The van der Waals surface area contributed by atoms with Crippen molar-refractivity contribution in [2.75, 3.05) is 11.5 Å². The molecule has 2 heterocycles. The van der Waals surface area contributed by atoms with E-state index in [1.54, 1.807) is 0 Å². The quantitative estimate of drug-likeness (QED) is 0.713. The minimum Gasteiger partial charge on any atom is -0.174 e. The third-order valence-electron chi connectivity index (χ3n) is 2.37. The van der Waals surface area contributed by atoms with Crippen LogP contribution in [0.25, 0.3) is 0 Å². The number of hydrogen-bond donors (Lipinski definition) is 2. The molecule has 6 heteroatoms. The number of rotatable bonds is 4. The van der Waals surface area contributed by atoms with Gasteiger partial charge in [-0.1, -0.05) is 6.92 Å². The van der Waals surface area contributed by atoms with Crippen molar-refractivity contribution < 1.29 is 0 Å². The Morgan fingerprint density at radius 1 is 1.06 bits per heavy atom. The van der Waals surface area contributed by atoms with E-state index in [0.717, 1.165) is 11.5 Å². The zero-order chi connectivity index (χ0) is 11.5. The largest absolute Gasteiger partial charge is 0.174 e. The Kier molecular flexibility index (Phi) is 5.83. The Labute approximate surface area is 125 Å². The van der Waals surface area contributed by atoms with Gasteiger partial charge in [-0.15, -0.1) is 47.0 Å². The van der Waals surface area contributed by atoms with Crippen molar-refractivity contribution in [1.29, 1.82) is 0 Å². The van der Waals surface area contributed by atoms with Gasteiger partial charge in [0, 0.05) is 21.3 Å². The molecule has 0 saturated heterocycles. The van der Waals surface area contributed by atoms with Crippen LogP contribution in [-0.2, 0) is 0 Å². The van der Waals surface area contributed by atoms with E-state index >= 15 is 0 Å². The monoisotopic (exact) mass is 326 g/mol. The van der Waals surface area contributed by atoms with E-state index in [0.29, 0.717) is 15.1 Å². The van der Waals surface area contributed by atoms with E-state index in [-0.39, 0.29) is 0 Å². The summed E-state index contributed by atoms with van der Waals surface area (Å²) in [5.74, 6) is 2.46. The van der Waals surface area contributed by atoms with Crippen LogP contribution in [0.5, 0.6) is 0 Å². The van der Waals surface area contributed by atoms with Gasteiger partial charge in [0.05, 0.1) is 9.16 Å². The van der Waals surface area contributed by atoms with Crippen molar-refractivity contribution in [3.05, 3.63) is 20.6 Å². The first-order valence-corrected chi connectivity index (χ1v) is 9.89. The summed E-state index contributed by atoms with van der Waals surface area (Å²) in [6.45, 7) is 2.36.